The highest BCUT2D eigenvalue weighted by atomic mass is 15.2. The van der Waals surface area contributed by atoms with Crippen molar-refractivity contribution in [3.8, 4) is 68.2 Å². The first-order chi connectivity index (χ1) is 28.7. The average Bonchev–Trinajstić information content (AvgIpc) is 3.90. The molecule has 2 aliphatic carbocycles. The van der Waals surface area contributed by atoms with Crippen LogP contribution in [-0.2, 0) is 5.41 Å². The molecule has 12 rings (SSSR count). The maximum atomic E-state index is 9.60. The monoisotopic (exact) mass is 737 g/mol. The molecule has 0 amide bonds. The Balaban J connectivity index is 1.14. The van der Waals surface area contributed by atoms with Crippen LogP contribution in [0.15, 0.2) is 188 Å². The van der Waals surface area contributed by atoms with Crippen LogP contribution in [0.1, 0.15) is 27.8 Å². The zero-order valence-electron chi connectivity index (χ0n) is 31.1. The lowest BCUT2D eigenvalue weighted by Gasteiger charge is -2.30. The molecule has 2 aromatic heterocycles. The number of benzene rings is 8. The Kier molecular flexibility index (Phi) is 6.84. The zero-order valence-corrected chi connectivity index (χ0v) is 31.1. The number of fused-ring (bicyclic) bond motifs is 13. The first-order valence-corrected chi connectivity index (χ1v) is 19.5. The molecule has 0 bridgehead atoms. The van der Waals surface area contributed by atoms with Crippen molar-refractivity contribution in [2.24, 2.45) is 0 Å². The van der Waals surface area contributed by atoms with Crippen LogP contribution in [0.5, 0.6) is 0 Å². The topological polar surface area (TPSA) is 67.4 Å². The lowest BCUT2D eigenvalue weighted by atomic mass is 9.70. The minimum atomic E-state index is -0.449. The summed E-state index contributed by atoms with van der Waals surface area (Å²) in [7, 11) is 0. The van der Waals surface area contributed by atoms with Crippen LogP contribution in [0.3, 0.4) is 0 Å². The smallest absolute Gasteiger partial charge is 0.238 e. The summed E-state index contributed by atoms with van der Waals surface area (Å²) in [4.78, 5) is 15.6. The highest BCUT2D eigenvalue weighted by molar-refractivity contribution is 6.12. The molecule has 5 heteroatoms. The Morgan fingerprint density at radius 1 is 0.397 bits per heavy atom. The number of nitrogens with zero attached hydrogens (tertiary/aromatic N) is 5. The second-order valence-corrected chi connectivity index (χ2v) is 15.1. The summed E-state index contributed by atoms with van der Waals surface area (Å²) in [6, 6.07) is 68.4. The second kappa shape index (κ2) is 12.3. The van der Waals surface area contributed by atoms with Crippen LogP contribution in [0.25, 0.3) is 83.9 Å². The van der Waals surface area contributed by atoms with Gasteiger partial charge in [-0.3, -0.25) is 4.57 Å². The quantitative estimate of drug-likeness (QED) is 0.180. The molecule has 0 unspecified atom stereocenters. The van der Waals surface area contributed by atoms with E-state index in [2.05, 4.69) is 132 Å². The van der Waals surface area contributed by atoms with Gasteiger partial charge in [0.05, 0.1) is 28.1 Å². The lowest BCUT2D eigenvalue weighted by molar-refractivity contribution is 0.795. The summed E-state index contributed by atoms with van der Waals surface area (Å²) in [5.74, 6) is 1.70. The molecule has 2 heterocycles. The molecule has 2 aliphatic rings. The number of hydrogen-bond donors (Lipinski definition) is 0. The molecule has 0 N–H and O–H groups in total. The molecular weight excluding hydrogens is 707 g/mol. The number of hydrogen-bond acceptors (Lipinski definition) is 4. The highest BCUT2D eigenvalue weighted by Gasteiger charge is 2.51. The number of aromatic nitrogens is 4. The molecule has 10 aromatic rings. The summed E-state index contributed by atoms with van der Waals surface area (Å²) >= 11 is 0. The van der Waals surface area contributed by atoms with Crippen molar-refractivity contribution in [1.82, 2.24) is 19.5 Å². The van der Waals surface area contributed by atoms with Gasteiger partial charge in [-0.1, -0.05) is 152 Å². The van der Waals surface area contributed by atoms with Gasteiger partial charge in [-0.2, -0.15) is 15.2 Å². The van der Waals surface area contributed by atoms with Gasteiger partial charge in [0.2, 0.25) is 5.95 Å². The van der Waals surface area contributed by atoms with Gasteiger partial charge in [0.25, 0.3) is 0 Å². The van der Waals surface area contributed by atoms with E-state index in [1.54, 1.807) is 0 Å². The maximum Gasteiger partial charge on any atom is 0.238 e. The minimum Gasteiger partial charge on any atom is -0.278 e. The van der Waals surface area contributed by atoms with Crippen molar-refractivity contribution < 1.29 is 0 Å². The van der Waals surface area contributed by atoms with Crippen LogP contribution in [0.4, 0.5) is 0 Å². The lowest BCUT2D eigenvalue weighted by Crippen LogP contribution is -2.25. The van der Waals surface area contributed by atoms with E-state index in [-0.39, 0.29) is 0 Å². The fourth-order valence-corrected chi connectivity index (χ4v) is 9.69. The molecule has 5 nitrogen and oxygen atoms in total. The molecule has 0 aliphatic heterocycles. The first-order valence-electron chi connectivity index (χ1n) is 19.5. The maximum absolute atomic E-state index is 9.60. The van der Waals surface area contributed by atoms with Crippen LogP contribution in [0.2, 0.25) is 0 Å². The Morgan fingerprint density at radius 2 is 0.948 bits per heavy atom. The predicted molar refractivity (Wildman–Crippen MR) is 231 cm³/mol. The Morgan fingerprint density at radius 3 is 1.66 bits per heavy atom. The molecule has 0 saturated carbocycles. The fourth-order valence-electron chi connectivity index (χ4n) is 9.69. The van der Waals surface area contributed by atoms with Crippen LogP contribution >= 0.6 is 0 Å². The molecule has 0 saturated heterocycles. The second-order valence-electron chi connectivity index (χ2n) is 15.1. The van der Waals surface area contributed by atoms with E-state index in [0.717, 1.165) is 44.1 Å². The molecule has 58 heavy (non-hydrogen) atoms. The van der Waals surface area contributed by atoms with Gasteiger partial charge < -0.3 is 0 Å². The molecule has 0 fully saturated rings. The molecule has 0 radical (unpaired) electrons. The Bertz CT molecular complexity index is 3320. The van der Waals surface area contributed by atoms with Gasteiger partial charge in [-0.05, 0) is 92.0 Å². The van der Waals surface area contributed by atoms with Gasteiger partial charge in [0.15, 0.2) is 11.6 Å². The van der Waals surface area contributed by atoms with E-state index in [9.17, 15) is 5.26 Å². The highest BCUT2D eigenvalue weighted by Crippen LogP contribution is 2.63. The molecular formula is C53H31N5. The first kappa shape index (κ1) is 32.3. The van der Waals surface area contributed by atoms with Gasteiger partial charge in [-0.25, -0.2) is 4.98 Å². The molecule has 1 spiro atoms. The van der Waals surface area contributed by atoms with E-state index in [1.165, 1.54) is 44.5 Å². The van der Waals surface area contributed by atoms with Crippen molar-refractivity contribution in [3.05, 3.63) is 216 Å². The van der Waals surface area contributed by atoms with Gasteiger partial charge in [-0.15, -0.1) is 0 Å². The number of rotatable bonds is 4. The van der Waals surface area contributed by atoms with Gasteiger partial charge >= 0.3 is 0 Å². The SMILES string of the molecule is N#Cc1cccc(-c2cccc(-c3nc(-c4ccccc4)nc(-n4c5ccccc5c5cc6c(cc54)-c4ccccc4C64c5ccccc5-c5ccccc54)n3)c2)c1. The third-order valence-corrected chi connectivity index (χ3v) is 12.1. The summed E-state index contributed by atoms with van der Waals surface area (Å²) in [6.07, 6.45) is 0. The standard InChI is InChI=1S/C53H31N5/c54-32-33-14-12-17-35(28-33)36-18-13-19-37(29-36)51-55-50(34-15-2-1-3-16-34)56-52(57-51)58-48-27-11-7-23-41(48)43-30-47-42(31-49(43)58)40-22-6-10-26-46(40)53(47)44-24-8-4-20-38(44)39-21-5-9-25-45(39)53/h1-31H. The van der Waals surface area contributed by atoms with Crippen molar-refractivity contribution in [2.75, 3.05) is 0 Å². The van der Waals surface area contributed by atoms with Crippen LogP contribution in [0, 0.1) is 11.3 Å². The number of nitriles is 1. The van der Waals surface area contributed by atoms with Gasteiger partial charge in [0.1, 0.15) is 0 Å². The largest absolute Gasteiger partial charge is 0.278 e. The number of para-hydroxylation sites is 1. The van der Waals surface area contributed by atoms with Crippen molar-refractivity contribution in [1.29, 1.82) is 5.26 Å². The summed E-state index contributed by atoms with van der Waals surface area (Å²) in [5.41, 5.74) is 16.2. The third-order valence-electron chi connectivity index (χ3n) is 12.1. The molecule has 8 aromatic carbocycles. The minimum absolute atomic E-state index is 0.449. The molecule has 0 atom stereocenters. The van der Waals surface area contributed by atoms with E-state index in [4.69, 9.17) is 15.0 Å². The fraction of sp³-hybridized carbons (Fsp3) is 0.0189. The van der Waals surface area contributed by atoms with E-state index >= 15 is 0 Å². The van der Waals surface area contributed by atoms with Gasteiger partial charge in [0, 0.05) is 21.9 Å². The Hall–Kier alpha value is -7.94. The normalized spacial score (nSPS) is 12.9. The summed E-state index contributed by atoms with van der Waals surface area (Å²) in [6.45, 7) is 0. The van der Waals surface area contributed by atoms with Crippen molar-refractivity contribution in [3.63, 3.8) is 0 Å². The molecule has 268 valence electrons. The van der Waals surface area contributed by atoms with E-state index in [0.29, 0.717) is 23.2 Å². The van der Waals surface area contributed by atoms with Crippen LogP contribution < -0.4 is 0 Å². The van der Waals surface area contributed by atoms with Crippen LogP contribution in [-0.4, -0.2) is 19.5 Å². The predicted octanol–water partition coefficient (Wildman–Crippen LogP) is 12.2. The Labute approximate surface area is 334 Å². The van der Waals surface area contributed by atoms with E-state index < -0.39 is 5.41 Å². The zero-order chi connectivity index (χ0) is 38.4. The van der Waals surface area contributed by atoms with Crippen molar-refractivity contribution >= 4 is 21.8 Å². The van der Waals surface area contributed by atoms with E-state index in [1.807, 2.05) is 66.7 Å². The summed E-state index contributed by atoms with van der Waals surface area (Å²) < 4.78 is 2.22. The summed E-state index contributed by atoms with van der Waals surface area (Å²) in [5, 5.41) is 11.9. The average molecular weight is 738 g/mol. The van der Waals surface area contributed by atoms with Crippen molar-refractivity contribution in [2.45, 2.75) is 5.41 Å². The third kappa shape index (κ3) is 4.48.